The highest BCUT2D eigenvalue weighted by Gasteiger charge is 2.17. The Labute approximate surface area is 140 Å². The zero-order chi connectivity index (χ0) is 14.8. The van der Waals surface area contributed by atoms with Crippen LogP contribution in [0.25, 0.3) is 0 Å². The number of fused-ring (bicyclic) bond motifs is 1. The molecule has 22 heavy (non-hydrogen) atoms. The number of benzene rings is 1. The number of aromatic nitrogens is 2. The van der Waals surface area contributed by atoms with Crippen LogP contribution in [-0.2, 0) is 24.9 Å². The molecule has 118 valence electrons. The molecule has 0 radical (unpaired) electrons. The molecule has 0 unspecified atom stereocenters. The van der Waals surface area contributed by atoms with Crippen LogP contribution in [0.3, 0.4) is 0 Å². The van der Waals surface area contributed by atoms with Crippen molar-refractivity contribution in [2.24, 2.45) is 7.05 Å². The monoisotopic (exact) mass is 366 g/mol. The molecule has 1 aliphatic heterocycles. The molecule has 0 amide bonds. The van der Waals surface area contributed by atoms with Crippen LogP contribution in [0.1, 0.15) is 28.2 Å². The van der Waals surface area contributed by atoms with Crippen LogP contribution in [0.5, 0.6) is 5.75 Å². The fourth-order valence-electron chi connectivity index (χ4n) is 2.45. The third-order valence-electron chi connectivity index (χ3n) is 3.92. The normalized spacial score (nSPS) is 13.5. The molecule has 0 saturated heterocycles. The molecule has 2 heterocycles. The maximum atomic E-state index is 12.4. The van der Waals surface area contributed by atoms with E-state index in [9.17, 15) is 4.79 Å². The summed E-state index contributed by atoms with van der Waals surface area (Å²) in [5.41, 5.74) is 1.74. The van der Waals surface area contributed by atoms with Crippen molar-refractivity contribution in [1.82, 2.24) is 4.57 Å². The summed E-state index contributed by atoms with van der Waals surface area (Å²) in [6.45, 7) is 2.89. The number of halogens is 1. The van der Waals surface area contributed by atoms with E-state index in [4.69, 9.17) is 9.78 Å². The van der Waals surface area contributed by atoms with E-state index in [0.717, 1.165) is 24.2 Å². The molecule has 2 aromatic rings. The number of rotatable bonds is 3. The molecule has 6 heteroatoms. The van der Waals surface area contributed by atoms with E-state index < -0.39 is 0 Å². The molecule has 0 spiro atoms. The lowest BCUT2D eigenvalue weighted by Crippen LogP contribution is -3.00. The van der Waals surface area contributed by atoms with Crippen LogP contribution in [0.2, 0.25) is 0 Å². The zero-order valence-electron chi connectivity index (χ0n) is 12.7. The van der Waals surface area contributed by atoms with Crippen molar-refractivity contribution < 1.29 is 36.1 Å². The summed E-state index contributed by atoms with van der Waals surface area (Å²) in [6, 6.07) is 5.61. The second kappa shape index (κ2) is 7.07. The van der Waals surface area contributed by atoms with Gasteiger partial charge in [0.15, 0.2) is 12.3 Å². The minimum absolute atomic E-state index is 0. The highest BCUT2D eigenvalue weighted by Crippen LogP contribution is 2.25. The molecular formula is C16H19BrN2O3. The molecule has 1 aliphatic rings. The highest BCUT2D eigenvalue weighted by molar-refractivity contribution is 5.96. The van der Waals surface area contributed by atoms with Gasteiger partial charge in [-0.05, 0) is 24.5 Å². The number of aryl methyl sites for hydroxylation is 2. The van der Waals surface area contributed by atoms with Gasteiger partial charge in [-0.25, -0.2) is 9.13 Å². The standard InChI is InChI=1S/C16H19N2O3.BrH/c1-12-17(2)7-8-18(12)11-15(19)14-6-5-13-4-3-9-20-21-16(13)10-14;/h5-8,10H,3-4,9,11H2,1-2H3;1H/q+1;/p-1. The third-order valence-corrected chi connectivity index (χ3v) is 3.92. The van der Waals surface area contributed by atoms with Crippen LogP contribution in [0, 0.1) is 6.92 Å². The first-order chi connectivity index (χ1) is 10.1. The number of carbonyl (C=O) groups is 1. The van der Waals surface area contributed by atoms with Crippen molar-refractivity contribution in [2.45, 2.75) is 26.3 Å². The molecular weight excluding hydrogens is 348 g/mol. The minimum Gasteiger partial charge on any atom is -1.00 e. The van der Waals surface area contributed by atoms with Gasteiger partial charge in [-0.1, -0.05) is 12.1 Å². The Morgan fingerprint density at radius 2 is 2.23 bits per heavy atom. The summed E-state index contributed by atoms with van der Waals surface area (Å²) in [5, 5.41) is 0. The van der Waals surface area contributed by atoms with E-state index in [0.29, 0.717) is 24.5 Å². The molecule has 3 rings (SSSR count). The Morgan fingerprint density at radius 3 is 2.95 bits per heavy atom. The van der Waals surface area contributed by atoms with Gasteiger partial charge < -0.3 is 21.9 Å². The lowest BCUT2D eigenvalue weighted by Gasteiger charge is -2.07. The van der Waals surface area contributed by atoms with Gasteiger partial charge in [0.25, 0.3) is 5.82 Å². The average molecular weight is 367 g/mol. The van der Waals surface area contributed by atoms with Gasteiger partial charge in [0.2, 0.25) is 5.78 Å². The van der Waals surface area contributed by atoms with Gasteiger partial charge >= 0.3 is 0 Å². The summed E-state index contributed by atoms with van der Waals surface area (Å²) in [5.74, 6) is 1.76. The first-order valence-electron chi connectivity index (χ1n) is 7.12. The van der Waals surface area contributed by atoms with E-state index in [1.165, 1.54) is 0 Å². The Morgan fingerprint density at radius 1 is 1.41 bits per heavy atom. The van der Waals surface area contributed by atoms with Crippen LogP contribution >= 0.6 is 0 Å². The fraction of sp³-hybridized carbons (Fsp3) is 0.375. The van der Waals surface area contributed by atoms with Crippen molar-refractivity contribution in [3.8, 4) is 5.75 Å². The van der Waals surface area contributed by atoms with E-state index in [1.807, 2.05) is 47.6 Å². The van der Waals surface area contributed by atoms with Gasteiger partial charge in [-0.15, -0.1) is 0 Å². The first-order valence-corrected chi connectivity index (χ1v) is 7.12. The number of Topliss-reactive ketones (excluding diaryl/α,β-unsaturated/α-hetero) is 1. The van der Waals surface area contributed by atoms with Crippen molar-refractivity contribution >= 4 is 5.78 Å². The quantitative estimate of drug-likeness (QED) is 0.388. The van der Waals surface area contributed by atoms with Crippen molar-refractivity contribution in [3.05, 3.63) is 47.5 Å². The number of hydrogen-bond donors (Lipinski definition) is 0. The Kier molecular flexibility index (Phi) is 5.37. The van der Waals surface area contributed by atoms with Crippen molar-refractivity contribution in [1.29, 1.82) is 0 Å². The number of hydrogen-bond acceptors (Lipinski definition) is 3. The highest BCUT2D eigenvalue weighted by atomic mass is 79.9. The molecule has 0 aliphatic carbocycles. The first kappa shape index (κ1) is 16.7. The van der Waals surface area contributed by atoms with Crippen LogP contribution in [-0.4, -0.2) is 17.0 Å². The molecule has 0 N–H and O–H groups in total. The van der Waals surface area contributed by atoms with Crippen LogP contribution in [0.15, 0.2) is 30.6 Å². The Balaban J connectivity index is 0.00000176. The van der Waals surface area contributed by atoms with Gasteiger partial charge in [0, 0.05) is 12.5 Å². The number of carbonyl (C=O) groups excluding carboxylic acids is 1. The molecule has 1 aromatic carbocycles. The van der Waals surface area contributed by atoms with Crippen molar-refractivity contribution in [2.75, 3.05) is 6.61 Å². The summed E-state index contributed by atoms with van der Waals surface area (Å²) in [4.78, 5) is 22.8. The minimum atomic E-state index is 0. The zero-order valence-corrected chi connectivity index (χ0v) is 14.3. The predicted octanol–water partition coefficient (Wildman–Crippen LogP) is -1.24. The topological polar surface area (TPSA) is 44.3 Å². The van der Waals surface area contributed by atoms with Gasteiger partial charge in [-0.3, -0.25) is 4.79 Å². The molecule has 1 aromatic heterocycles. The van der Waals surface area contributed by atoms with Crippen LogP contribution in [0.4, 0.5) is 0 Å². The molecule has 0 fully saturated rings. The lowest BCUT2D eigenvalue weighted by molar-refractivity contribution is -0.677. The third kappa shape index (κ3) is 3.39. The van der Waals surface area contributed by atoms with Gasteiger partial charge in [0.1, 0.15) is 12.4 Å². The molecule has 5 nitrogen and oxygen atoms in total. The number of ketones is 1. The second-order valence-corrected chi connectivity index (χ2v) is 5.34. The van der Waals surface area contributed by atoms with Gasteiger partial charge in [-0.2, -0.15) is 4.89 Å². The summed E-state index contributed by atoms with van der Waals surface area (Å²) < 4.78 is 3.92. The molecule has 0 atom stereocenters. The van der Waals surface area contributed by atoms with Crippen molar-refractivity contribution in [3.63, 3.8) is 0 Å². The molecule has 0 saturated carbocycles. The maximum absolute atomic E-state index is 12.4. The van der Waals surface area contributed by atoms with Crippen LogP contribution < -0.4 is 26.4 Å². The average Bonchev–Trinajstić information content (AvgIpc) is 2.71. The van der Waals surface area contributed by atoms with Gasteiger partial charge in [0.05, 0.1) is 13.7 Å². The van der Waals surface area contributed by atoms with E-state index in [-0.39, 0.29) is 22.8 Å². The number of nitrogens with zero attached hydrogens (tertiary/aromatic N) is 2. The fourth-order valence-corrected chi connectivity index (χ4v) is 2.45. The lowest BCUT2D eigenvalue weighted by atomic mass is 10.0. The number of imidazole rings is 1. The summed E-state index contributed by atoms with van der Waals surface area (Å²) >= 11 is 0. The largest absolute Gasteiger partial charge is 1.00 e. The Bertz CT molecular complexity index is 682. The van der Waals surface area contributed by atoms with E-state index >= 15 is 0 Å². The second-order valence-electron chi connectivity index (χ2n) is 5.34. The SMILES string of the molecule is Cc1n(CC(=O)c2ccc3c(c2)OOCCC3)cc[n+]1C.[Br-]. The predicted molar refractivity (Wildman–Crippen MR) is 76.0 cm³/mol. The Hall–Kier alpha value is -1.66. The van der Waals surface area contributed by atoms with E-state index in [2.05, 4.69) is 0 Å². The molecule has 0 bridgehead atoms. The van der Waals surface area contributed by atoms with E-state index in [1.54, 1.807) is 6.07 Å². The summed E-state index contributed by atoms with van der Waals surface area (Å²) in [6.07, 6.45) is 5.70. The summed E-state index contributed by atoms with van der Waals surface area (Å²) in [7, 11) is 1.96. The maximum Gasteiger partial charge on any atom is 0.253 e. The smallest absolute Gasteiger partial charge is 0.253 e.